The van der Waals surface area contributed by atoms with E-state index in [1.165, 1.54) is 0 Å². The van der Waals surface area contributed by atoms with E-state index in [1.807, 2.05) is 0 Å². The Morgan fingerprint density at radius 1 is 1.75 bits per heavy atom. The Morgan fingerprint density at radius 3 is 2.38 bits per heavy atom. The van der Waals surface area contributed by atoms with Gasteiger partial charge in [0.05, 0.1) is 0 Å². The number of nitrogens with two attached hydrogens (primary N) is 2. The van der Waals surface area contributed by atoms with Crippen molar-refractivity contribution in [1.29, 1.82) is 0 Å². The highest BCUT2D eigenvalue weighted by atomic mass is 15.0. The van der Waals surface area contributed by atoms with Gasteiger partial charge in [-0.3, -0.25) is 0 Å². The molecule has 0 saturated carbocycles. The van der Waals surface area contributed by atoms with Gasteiger partial charge in [0, 0.05) is 0 Å². The molecule has 44 valence electrons. The van der Waals surface area contributed by atoms with Crippen LogP contribution in [-0.4, -0.2) is 12.0 Å². The molecule has 0 aromatic carbocycles. The van der Waals surface area contributed by atoms with Crippen LogP contribution in [0.3, 0.4) is 0 Å². The van der Waals surface area contributed by atoms with Crippen molar-refractivity contribution >= 4 is 5.96 Å². The van der Waals surface area contributed by atoms with Crippen LogP contribution in [-0.2, 0) is 0 Å². The standard InChI is InChI=1S/C5H9N3/c1-3-4(2)8-5(6)7/h1,4H,2H3,(H4,6,7,8). The summed E-state index contributed by atoms with van der Waals surface area (Å²) in [4.78, 5) is 3.63. The van der Waals surface area contributed by atoms with E-state index in [9.17, 15) is 0 Å². The van der Waals surface area contributed by atoms with Gasteiger partial charge in [-0.1, -0.05) is 5.92 Å². The largest absolute Gasteiger partial charge is 0.370 e. The van der Waals surface area contributed by atoms with Crippen LogP contribution < -0.4 is 11.5 Å². The molecule has 0 aromatic rings. The van der Waals surface area contributed by atoms with Gasteiger partial charge in [0.15, 0.2) is 5.96 Å². The van der Waals surface area contributed by atoms with Crippen LogP contribution in [0.4, 0.5) is 0 Å². The minimum atomic E-state index is -0.208. The maximum atomic E-state index is 5.00. The second kappa shape index (κ2) is 2.92. The summed E-state index contributed by atoms with van der Waals surface area (Å²) in [5.74, 6) is 2.39. The van der Waals surface area contributed by atoms with Gasteiger partial charge in [0.1, 0.15) is 6.04 Å². The van der Waals surface area contributed by atoms with Crippen molar-refractivity contribution in [2.75, 3.05) is 0 Å². The second-order valence-corrected chi connectivity index (χ2v) is 1.40. The predicted octanol–water partition coefficient (Wildman–Crippen LogP) is -0.718. The Hall–Kier alpha value is -1.17. The summed E-state index contributed by atoms with van der Waals surface area (Å²) in [7, 11) is 0. The normalized spacial score (nSPS) is 11.5. The van der Waals surface area contributed by atoms with Gasteiger partial charge in [-0.25, -0.2) is 4.99 Å². The average Bonchev–Trinajstić information content (AvgIpc) is 1.65. The maximum Gasteiger partial charge on any atom is 0.187 e. The van der Waals surface area contributed by atoms with Crippen LogP contribution in [0.25, 0.3) is 0 Å². The minimum absolute atomic E-state index is 0.0375. The van der Waals surface area contributed by atoms with Crippen molar-refractivity contribution in [2.45, 2.75) is 13.0 Å². The lowest BCUT2D eigenvalue weighted by Gasteiger charge is -1.93. The van der Waals surface area contributed by atoms with Crippen LogP contribution in [0.1, 0.15) is 6.92 Å². The molecule has 0 rings (SSSR count). The van der Waals surface area contributed by atoms with Gasteiger partial charge in [0.2, 0.25) is 0 Å². The molecule has 0 heterocycles. The molecule has 4 N–H and O–H groups in total. The summed E-state index contributed by atoms with van der Waals surface area (Å²) < 4.78 is 0. The van der Waals surface area contributed by atoms with E-state index in [1.54, 1.807) is 6.92 Å². The van der Waals surface area contributed by atoms with E-state index in [4.69, 9.17) is 17.9 Å². The zero-order valence-corrected chi connectivity index (χ0v) is 4.76. The molecule has 0 aliphatic rings. The maximum absolute atomic E-state index is 5.00. The van der Waals surface area contributed by atoms with Crippen molar-refractivity contribution < 1.29 is 0 Å². The minimum Gasteiger partial charge on any atom is -0.370 e. The zero-order valence-electron chi connectivity index (χ0n) is 4.76. The Kier molecular flexibility index (Phi) is 2.49. The molecule has 0 aliphatic carbocycles. The Balaban J connectivity index is 3.74. The fourth-order valence-corrected chi connectivity index (χ4v) is 0.261. The molecule has 0 bridgehead atoms. The second-order valence-electron chi connectivity index (χ2n) is 1.40. The zero-order chi connectivity index (χ0) is 6.57. The van der Waals surface area contributed by atoms with Crippen LogP contribution in [0.2, 0.25) is 0 Å². The number of rotatable bonds is 1. The Bertz CT molecular complexity index is 127. The van der Waals surface area contributed by atoms with E-state index >= 15 is 0 Å². The third kappa shape index (κ3) is 3.04. The summed E-state index contributed by atoms with van der Waals surface area (Å²) in [6, 6.07) is -0.208. The average molecular weight is 111 g/mol. The predicted molar refractivity (Wildman–Crippen MR) is 34.1 cm³/mol. The number of hydrogen-bond acceptors (Lipinski definition) is 1. The summed E-state index contributed by atoms with van der Waals surface area (Å²) in [5.41, 5.74) is 10.0. The first-order chi connectivity index (χ1) is 3.66. The van der Waals surface area contributed by atoms with E-state index in [2.05, 4.69) is 10.9 Å². The van der Waals surface area contributed by atoms with Crippen molar-refractivity contribution in [3.05, 3.63) is 0 Å². The lowest BCUT2D eigenvalue weighted by Crippen LogP contribution is -2.24. The van der Waals surface area contributed by atoms with Gasteiger partial charge in [-0.2, -0.15) is 0 Å². The van der Waals surface area contributed by atoms with Gasteiger partial charge in [0.25, 0.3) is 0 Å². The number of guanidine groups is 1. The molecular formula is C5H9N3. The number of hydrogen-bond donors (Lipinski definition) is 2. The van der Waals surface area contributed by atoms with E-state index < -0.39 is 0 Å². The van der Waals surface area contributed by atoms with Gasteiger partial charge in [-0.15, -0.1) is 6.42 Å². The fraction of sp³-hybridized carbons (Fsp3) is 0.400. The molecule has 0 amide bonds. The molecule has 8 heavy (non-hydrogen) atoms. The summed E-state index contributed by atoms with van der Waals surface area (Å²) >= 11 is 0. The van der Waals surface area contributed by atoms with E-state index in [-0.39, 0.29) is 12.0 Å². The summed E-state index contributed by atoms with van der Waals surface area (Å²) in [5, 5.41) is 0. The molecule has 0 aromatic heterocycles. The highest BCUT2D eigenvalue weighted by Crippen LogP contribution is 1.81. The molecular weight excluding hydrogens is 102 g/mol. The molecule has 1 unspecified atom stereocenters. The lowest BCUT2D eigenvalue weighted by atomic mass is 10.4. The number of terminal acetylenes is 1. The first-order valence-corrected chi connectivity index (χ1v) is 2.21. The molecule has 3 nitrogen and oxygen atoms in total. The SMILES string of the molecule is C#CC(C)N=C(N)N. The van der Waals surface area contributed by atoms with Crippen LogP contribution >= 0.6 is 0 Å². The Morgan fingerprint density at radius 2 is 2.25 bits per heavy atom. The first kappa shape index (κ1) is 6.83. The quantitative estimate of drug-likeness (QED) is 0.266. The third-order valence-corrected chi connectivity index (χ3v) is 0.584. The lowest BCUT2D eigenvalue weighted by molar-refractivity contribution is 0.952. The van der Waals surface area contributed by atoms with E-state index in [0.717, 1.165) is 0 Å². The van der Waals surface area contributed by atoms with Crippen LogP contribution in [0, 0.1) is 12.3 Å². The summed E-state index contributed by atoms with van der Waals surface area (Å²) in [6.07, 6.45) is 4.95. The number of aliphatic imine (C=N–C) groups is 1. The molecule has 0 radical (unpaired) electrons. The third-order valence-electron chi connectivity index (χ3n) is 0.584. The smallest absolute Gasteiger partial charge is 0.187 e. The number of nitrogens with zero attached hydrogens (tertiary/aromatic N) is 1. The highest BCUT2D eigenvalue weighted by Gasteiger charge is 1.88. The monoisotopic (exact) mass is 111 g/mol. The van der Waals surface area contributed by atoms with Crippen LogP contribution in [0.15, 0.2) is 4.99 Å². The Labute approximate surface area is 48.8 Å². The fourth-order valence-electron chi connectivity index (χ4n) is 0.261. The molecule has 3 heteroatoms. The van der Waals surface area contributed by atoms with Crippen molar-refractivity contribution in [2.24, 2.45) is 16.5 Å². The molecule has 0 saturated heterocycles. The van der Waals surface area contributed by atoms with Gasteiger partial charge in [-0.05, 0) is 6.92 Å². The van der Waals surface area contributed by atoms with Crippen molar-refractivity contribution in [1.82, 2.24) is 0 Å². The molecule has 0 spiro atoms. The molecule has 1 atom stereocenters. The van der Waals surface area contributed by atoms with Gasteiger partial charge >= 0.3 is 0 Å². The van der Waals surface area contributed by atoms with Crippen LogP contribution in [0.5, 0.6) is 0 Å². The first-order valence-electron chi connectivity index (χ1n) is 2.21. The van der Waals surface area contributed by atoms with E-state index in [0.29, 0.717) is 0 Å². The van der Waals surface area contributed by atoms with Crippen molar-refractivity contribution in [3.8, 4) is 12.3 Å². The topological polar surface area (TPSA) is 64.4 Å². The molecule has 0 fully saturated rings. The van der Waals surface area contributed by atoms with Gasteiger partial charge < -0.3 is 11.5 Å². The molecule has 0 aliphatic heterocycles. The van der Waals surface area contributed by atoms with Crippen molar-refractivity contribution in [3.63, 3.8) is 0 Å². The highest BCUT2D eigenvalue weighted by molar-refractivity contribution is 5.76. The summed E-state index contributed by atoms with van der Waals surface area (Å²) in [6.45, 7) is 1.74.